The van der Waals surface area contributed by atoms with Gasteiger partial charge in [0.2, 0.25) is 11.8 Å². The Morgan fingerprint density at radius 2 is 1.65 bits per heavy atom. The largest absolute Gasteiger partial charge is 0.348 e. The fraction of sp³-hybridized carbons (Fsp3) is 0.333. The molecule has 34 heavy (non-hydrogen) atoms. The summed E-state index contributed by atoms with van der Waals surface area (Å²) in [6, 6.07) is 17.4. The molecule has 2 amide bonds. The lowest BCUT2D eigenvalue weighted by Gasteiger charge is -2.23. The Labute approximate surface area is 204 Å². The number of rotatable bonds is 13. The molecule has 0 aliphatic heterocycles. The van der Waals surface area contributed by atoms with Crippen molar-refractivity contribution < 1.29 is 9.59 Å². The van der Waals surface area contributed by atoms with Crippen LogP contribution in [-0.4, -0.2) is 23.9 Å². The van der Waals surface area contributed by atoms with E-state index in [4.69, 9.17) is 0 Å². The van der Waals surface area contributed by atoms with Crippen LogP contribution in [0.15, 0.2) is 91.6 Å². The van der Waals surface area contributed by atoms with Crippen LogP contribution in [-0.2, 0) is 22.4 Å². The topological polar surface area (TPSA) is 58.2 Å². The smallest absolute Gasteiger partial charge is 0.243 e. The number of allylic oxidation sites excluding steroid dienone is 3. The van der Waals surface area contributed by atoms with E-state index in [0.717, 1.165) is 16.7 Å². The van der Waals surface area contributed by atoms with Crippen molar-refractivity contribution in [3.63, 3.8) is 0 Å². The number of amides is 2. The minimum Gasteiger partial charge on any atom is -0.348 e. The average molecular weight is 459 g/mol. The van der Waals surface area contributed by atoms with Gasteiger partial charge in [-0.15, -0.1) is 6.58 Å². The van der Waals surface area contributed by atoms with E-state index in [1.165, 1.54) is 5.56 Å². The third kappa shape index (κ3) is 9.22. The Kier molecular flexibility index (Phi) is 11.0. The van der Waals surface area contributed by atoms with Gasteiger partial charge in [-0.05, 0) is 50.7 Å². The van der Waals surface area contributed by atoms with Gasteiger partial charge < -0.3 is 10.6 Å². The molecule has 180 valence electrons. The van der Waals surface area contributed by atoms with Crippen molar-refractivity contribution in [1.82, 2.24) is 10.6 Å². The monoisotopic (exact) mass is 458 g/mol. The second kappa shape index (κ2) is 14.0. The molecule has 0 radical (unpaired) electrons. The fourth-order valence-electron chi connectivity index (χ4n) is 3.78. The molecule has 4 heteroatoms. The molecule has 0 spiro atoms. The van der Waals surface area contributed by atoms with E-state index < -0.39 is 6.04 Å². The highest BCUT2D eigenvalue weighted by Gasteiger charge is 2.25. The van der Waals surface area contributed by atoms with Crippen LogP contribution in [0.5, 0.6) is 0 Å². The summed E-state index contributed by atoms with van der Waals surface area (Å²) < 4.78 is 0. The second-order valence-corrected chi connectivity index (χ2v) is 8.89. The van der Waals surface area contributed by atoms with Crippen LogP contribution in [0.3, 0.4) is 0 Å². The second-order valence-electron chi connectivity index (χ2n) is 8.89. The molecule has 2 N–H and O–H groups in total. The van der Waals surface area contributed by atoms with Crippen molar-refractivity contribution in [1.29, 1.82) is 0 Å². The summed E-state index contributed by atoms with van der Waals surface area (Å²) in [5.74, 6) is -0.619. The summed E-state index contributed by atoms with van der Waals surface area (Å²) >= 11 is 0. The summed E-state index contributed by atoms with van der Waals surface area (Å²) in [4.78, 5) is 26.2. The number of benzene rings is 2. The maximum atomic E-state index is 13.3. The minimum absolute atomic E-state index is 0.146. The lowest BCUT2D eigenvalue weighted by Crippen LogP contribution is -2.51. The van der Waals surface area contributed by atoms with E-state index in [1.807, 2.05) is 63.3 Å². The van der Waals surface area contributed by atoms with Gasteiger partial charge in [-0.3, -0.25) is 9.59 Å². The molecule has 2 aromatic carbocycles. The SMILES string of the molecule is C=C[C@H](Cc1ccc(C)cc1)NC(=O)[C@H](CCc1ccccc1)NC(=O)[C@H](C)CC(=C)/C=C\C. The van der Waals surface area contributed by atoms with Crippen LogP contribution < -0.4 is 10.6 Å². The first-order valence-corrected chi connectivity index (χ1v) is 12.0. The Hall–Kier alpha value is -3.40. The molecular weight excluding hydrogens is 420 g/mol. The first kappa shape index (κ1) is 26.8. The third-order valence-electron chi connectivity index (χ3n) is 5.80. The van der Waals surface area contributed by atoms with E-state index in [-0.39, 0.29) is 23.8 Å². The average Bonchev–Trinajstić information content (AvgIpc) is 2.83. The molecular formula is C30H38N2O2. The zero-order valence-electron chi connectivity index (χ0n) is 20.7. The molecule has 0 aliphatic rings. The number of hydrogen-bond acceptors (Lipinski definition) is 2. The lowest BCUT2D eigenvalue weighted by molar-refractivity contribution is -0.131. The summed E-state index contributed by atoms with van der Waals surface area (Å²) in [6.07, 6.45) is 7.96. The lowest BCUT2D eigenvalue weighted by atomic mass is 9.99. The highest BCUT2D eigenvalue weighted by atomic mass is 16.2. The van der Waals surface area contributed by atoms with Crippen LogP contribution in [0.4, 0.5) is 0 Å². The van der Waals surface area contributed by atoms with Gasteiger partial charge in [-0.25, -0.2) is 0 Å². The van der Waals surface area contributed by atoms with Crippen LogP contribution in [0, 0.1) is 12.8 Å². The number of nitrogens with one attached hydrogen (secondary N) is 2. The van der Waals surface area contributed by atoms with Gasteiger partial charge in [-0.2, -0.15) is 0 Å². The van der Waals surface area contributed by atoms with Gasteiger partial charge in [0.1, 0.15) is 6.04 Å². The number of hydrogen-bond donors (Lipinski definition) is 2. The maximum absolute atomic E-state index is 13.3. The molecule has 0 bridgehead atoms. The maximum Gasteiger partial charge on any atom is 0.243 e. The van der Waals surface area contributed by atoms with Gasteiger partial charge in [-0.1, -0.05) is 97.5 Å². The minimum atomic E-state index is -0.634. The quantitative estimate of drug-likeness (QED) is 0.308. The molecule has 0 fully saturated rings. The summed E-state index contributed by atoms with van der Waals surface area (Å²) in [5.41, 5.74) is 4.33. The van der Waals surface area contributed by atoms with Gasteiger partial charge in [0.15, 0.2) is 0 Å². The van der Waals surface area contributed by atoms with Gasteiger partial charge in [0.05, 0.1) is 6.04 Å². The Balaban J connectivity index is 2.08. The Bertz CT molecular complexity index is 977. The molecule has 0 saturated heterocycles. The predicted octanol–water partition coefficient (Wildman–Crippen LogP) is 5.48. The molecule has 0 aliphatic carbocycles. The summed E-state index contributed by atoms with van der Waals surface area (Å²) in [7, 11) is 0. The predicted molar refractivity (Wildman–Crippen MR) is 141 cm³/mol. The first-order valence-electron chi connectivity index (χ1n) is 12.0. The van der Waals surface area contributed by atoms with Crippen molar-refractivity contribution in [2.24, 2.45) is 5.92 Å². The fourth-order valence-corrected chi connectivity index (χ4v) is 3.78. The van der Waals surface area contributed by atoms with Crippen molar-refractivity contribution >= 4 is 11.8 Å². The van der Waals surface area contributed by atoms with Crippen LogP contribution in [0.1, 0.15) is 43.4 Å². The standard InChI is InChI=1S/C30H38N2O2/c1-6-11-23(4)20-24(5)29(33)32-28(19-18-25-12-9-8-10-13-25)30(34)31-27(7-2)21-26-16-14-22(3)15-17-26/h6-17,24,27-28H,2,4,18-21H2,1,3,5H3,(H,31,34)(H,32,33)/b11-6-/t24-,27-,28+/m1/s1. The van der Waals surface area contributed by atoms with Crippen LogP contribution in [0.2, 0.25) is 0 Å². The highest BCUT2D eigenvalue weighted by Crippen LogP contribution is 2.13. The Morgan fingerprint density at radius 1 is 0.971 bits per heavy atom. The molecule has 2 aromatic rings. The molecule has 0 aromatic heterocycles. The van der Waals surface area contributed by atoms with E-state index in [9.17, 15) is 9.59 Å². The number of carbonyl (C=O) groups excluding carboxylic acids is 2. The normalized spacial score (nSPS) is 13.6. The number of carbonyl (C=O) groups is 2. The molecule has 2 rings (SSSR count). The van der Waals surface area contributed by atoms with E-state index >= 15 is 0 Å². The zero-order chi connectivity index (χ0) is 24.9. The van der Waals surface area contributed by atoms with Crippen molar-refractivity contribution in [3.05, 3.63) is 108 Å². The van der Waals surface area contributed by atoms with Crippen molar-refractivity contribution in [2.45, 2.75) is 58.5 Å². The molecule has 0 heterocycles. The Morgan fingerprint density at radius 3 is 2.26 bits per heavy atom. The van der Waals surface area contributed by atoms with Gasteiger partial charge in [0, 0.05) is 5.92 Å². The third-order valence-corrected chi connectivity index (χ3v) is 5.80. The van der Waals surface area contributed by atoms with Crippen molar-refractivity contribution in [2.75, 3.05) is 0 Å². The highest BCUT2D eigenvalue weighted by molar-refractivity contribution is 5.88. The van der Waals surface area contributed by atoms with E-state index in [0.29, 0.717) is 25.7 Å². The van der Waals surface area contributed by atoms with Crippen LogP contribution in [0.25, 0.3) is 0 Å². The first-order chi connectivity index (χ1) is 16.3. The van der Waals surface area contributed by atoms with Crippen LogP contribution >= 0.6 is 0 Å². The van der Waals surface area contributed by atoms with Gasteiger partial charge >= 0.3 is 0 Å². The molecule has 3 atom stereocenters. The van der Waals surface area contributed by atoms with E-state index in [2.05, 4.69) is 48.1 Å². The van der Waals surface area contributed by atoms with Gasteiger partial charge in [0.25, 0.3) is 0 Å². The van der Waals surface area contributed by atoms with Crippen molar-refractivity contribution in [3.8, 4) is 0 Å². The zero-order valence-corrected chi connectivity index (χ0v) is 20.7. The molecule has 4 nitrogen and oxygen atoms in total. The summed E-state index contributed by atoms with van der Waals surface area (Å²) in [5, 5.41) is 6.06. The van der Waals surface area contributed by atoms with E-state index in [1.54, 1.807) is 6.08 Å². The molecule has 0 unspecified atom stereocenters. The number of aryl methyl sites for hydroxylation is 2. The molecule has 0 saturated carbocycles. The summed E-state index contributed by atoms with van der Waals surface area (Å²) in [6.45, 7) is 13.7.